The Morgan fingerprint density at radius 1 is 1.05 bits per heavy atom. The summed E-state index contributed by atoms with van der Waals surface area (Å²) >= 11 is 2.59. The molecule has 0 radical (unpaired) electrons. The molecule has 21 heavy (non-hydrogen) atoms. The van der Waals surface area contributed by atoms with Crippen LogP contribution in [0.4, 0.5) is 0 Å². The molecule has 120 valence electrons. The van der Waals surface area contributed by atoms with Gasteiger partial charge in [-0.1, -0.05) is 39.0 Å². The Morgan fingerprint density at radius 2 is 1.76 bits per heavy atom. The molecule has 0 atom stereocenters. The van der Waals surface area contributed by atoms with Gasteiger partial charge in [0, 0.05) is 29.3 Å². The zero-order valence-electron chi connectivity index (χ0n) is 13.1. The fourth-order valence-corrected chi connectivity index (χ4v) is 2.91. The van der Waals surface area contributed by atoms with Gasteiger partial charge in [-0.3, -0.25) is 9.83 Å². The third-order valence-corrected chi connectivity index (χ3v) is 4.36. The molecule has 0 aliphatic rings. The molecule has 0 amide bonds. The number of carbonyl (C=O) groups is 1. The van der Waals surface area contributed by atoms with E-state index in [1.807, 2.05) is 0 Å². The fourth-order valence-electron chi connectivity index (χ4n) is 1.54. The minimum Gasteiger partial charge on any atom is -0.691 e. The van der Waals surface area contributed by atoms with Gasteiger partial charge in [0.2, 0.25) is 0 Å². The number of rotatable bonds is 15. The predicted molar refractivity (Wildman–Crippen MR) is 80.9 cm³/mol. The molecule has 0 heterocycles. The van der Waals surface area contributed by atoms with Gasteiger partial charge in [-0.05, 0) is 6.42 Å². The average molecular weight is 348 g/mol. The molecule has 0 aromatic heterocycles. The molecular weight excluding hydrogens is 323 g/mol. The molecule has 0 aliphatic heterocycles. The van der Waals surface area contributed by atoms with E-state index in [1.54, 1.807) is 11.8 Å². The fraction of sp³-hybridized carbons (Fsp3) is 0.923. The van der Waals surface area contributed by atoms with Crippen LogP contribution in [0.2, 0.25) is 0 Å². The minimum atomic E-state index is -0.127. The summed E-state index contributed by atoms with van der Waals surface area (Å²) in [5, 5.41) is 12.7. The van der Waals surface area contributed by atoms with Gasteiger partial charge < -0.3 is 9.99 Å². The molecular formula is C13H25NaO5S2. The van der Waals surface area contributed by atoms with Crippen molar-refractivity contribution < 1.29 is 53.7 Å². The van der Waals surface area contributed by atoms with E-state index in [1.165, 1.54) is 25.7 Å². The zero-order chi connectivity index (χ0) is 14.9. The van der Waals surface area contributed by atoms with Gasteiger partial charge in [0.15, 0.2) is 0 Å². The number of ether oxygens (including phenoxy) is 1. The first-order valence-electron chi connectivity index (χ1n) is 7.12. The van der Waals surface area contributed by atoms with Crippen molar-refractivity contribution in [3.05, 3.63) is 0 Å². The van der Waals surface area contributed by atoms with Crippen molar-refractivity contribution in [3.63, 3.8) is 0 Å². The van der Waals surface area contributed by atoms with E-state index in [4.69, 9.17) is 4.74 Å². The molecule has 0 spiro atoms. The monoisotopic (exact) mass is 348 g/mol. The Bertz CT molecular complexity index is 203. The molecule has 0 rings (SSSR count). The minimum absolute atomic E-state index is 0. The number of hydrogen-bond donors (Lipinski definition) is 0. The largest absolute Gasteiger partial charge is 1.00 e. The van der Waals surface area contributed by atoms with Crippen LogP contribution in [0.25, 0.3) is 0 Å². The molecule has 8 heteroatoms. The summed E-state index contributed by atoms with van der Waals surface area (Å²) in [6, 6.07) is 0. The predicted octanol–water partition coefficient (Wildman–Crippen LogP) is -0.111. The van der Waals surface area contributed by atoms with Crippen LogP contribution in [0, 0.1) is 0 Å². The molecule has 0 aromatic rings. The smallest absolute Gasteiger partial charge is 0.691 e. The number of unbranched alkanes of at least 4 members (excludes halogenated alkanes) is 5. The summed E-state index contributed by atoms with van der Waals surface area (Å²) in [7, 11) is 0. The summed E-state index contributed by atoms with van der Waals surface area (Å²) in [5.41, 5.74) is 0. The Hall–Kier alpha value is 1.05. The normalized spacial score (nSPS) is 10.2. The van der Waals surface area contributed by atoms with Crippen LogP contribution in [0.3, 0.4) is 0 Å². The summed E-state index contributed by atoms with van der Waals surface area (Å²) in [6.07, 6.45) is 7.59. The summed E-state index contributed by atoms with van der Waals surface area (Å²) in [5.74, 6) is 2.06. The summed E-state index contributed by atoms with van der Waals surface area (Å²) < 4.78 is 9.27. The first kappa shape index (κ1) is 24.3. The van der Waals surface area contributed by atoms with E-state index < -0.39 is 0 Å². The second kappa shape index (κ2) is 21.0. The van der Waals surface area contributed by atoms with Crippen molar-refractivity contribution in [2.75, 3.05) is 23.9 Å². The van der Waals surface area contributed by atoms with Crippen molar-refractivity contribution in [2.45, 2.75) is 51.9 Å². The van der Waals surface area contributed by atoms with Crippen LogP contribution >= 0.6 is 23.8 Å². The van der Waals surface area contributed by atoms with Gasteiger partial charge >= 0.3 is 35.5 Å². The quantitative estimate of drug-likeness (QED) is 0.102. The molecule has 0 aliphatic carbocycles. The standard InChI is InChI=1S/C13H26O5S2.Na/c1-2-3-4-5-6-7-9-16-13(14)8-10-19-11-12-20-18-17-15;/h15H,2-12H2,1H3;/q;+1/p-1. The number of hydrogen-bond acceptors (Lipinski definition) is 7. The van der Waals surface area contributed by atoms with E-state index in [0.717, 1.165) is 36.4 Å². The van der Waals surface area contributed by atoms with Crippen molar-refractivity contribution in [3.8, 4) is 0 Å². The topological polar surface area (TPSA) is 67.8 Å². The molecule has 0 saturated heterocycles. The first-order valence-corrected chi connectivity index (χ1v) is 9.19. The third kappa shape index (κ3) is 21.1. The Kier molecular flexibility index (Phi) is 24.4. The molecule has 0 saturated carbocycles. The van der Waals surface area contributed by atoms with E-state index in [0.29, 0.717) is 18.8 Å². The Balaban J connectivity index is 0. The average Bonchev–Trinajstić information content (AvgIpc) is 2.45. The summed E-state index contributed by atoms with van der Waals surface area (Å²) in [4.78, 5) is 11.4. The molecule has 0 bridgehead atoms. The van der Waals surface area contributed by atoms with Crippen LogP contribution < -0.4 is 34.8 Å². The number of esters is 1. The maximum atomic E-state index is 11.4. The molecule has 5 nitrogen and oxygen atoms in total. The van der Waals surface area contributed by atoms with E-state index >= 15 is 0 Å². The van der Waals surface area contributed by atoms with Gasteiger partial charge in [0.25, 0.3) is 0 Å². The molecule has 0 fully saturated rings. The maximum absolute atomic E-state index is 11.4. The Labute approximate surface area is 158 Å². The van der Waals surface area contributed by atoms with E-state index in [2.05, 4.69) is 16.3 Å². The second-order valence-electron chi connectivity index (χ2n) is 4.31. The van der Waals surface area contributed by atoms with Crippen LogP contribution in [0.1, 0.15) is 51.9 Å². The van der Waals surface area contributed by atoms with Gasteiger partial charge in [-0.2, -0.15) is 16.1 Å². The van der Waals surface area contributed by atoms with Crippen molar-refractivity contribution >= 4 is 29.8 Å². The summed E-state index contributed by atoms with van der Waals surface area (Å²) in [6.45, 7) is 2.74. The van der Waals surface area contributed by atoms with Crippen molar-refractivity contribution in [1.29, 1.82) is 0 Å². The van der Waals surface area contributed by atoms with Crippen LogP contribution in [0.15, 0.2) is 0 Å². The Morgan fingerprint density at radius 3 is 2.48 bits per heavy atom. The van der Waals surface area contributed by atoms with Gasteiger partial charge in [-0.15, -0.1) is 0 Å². The zero-order valence-corrected chi connectivity index (χ0v) is 16.8. The van der Waals surface area contributed by atoms with Gasteiger partial charge in [0.05, 0.1) is 13.0 Å². The van der Waals surface area contributed by atoms with E-state index in [-0.39, 0.29) is 35.5 Å². The van der Waals surface area contributed by atoms with Gasteiger partial charge in [-0.25, -0.2) is 0 Å². The molecule has 0 unspecified atom stereocenters. The van der Waals surface area contributed by atoms with Crippen LogP contribution in [-0.4, -0.2) is 29.8 Å². The number of carbonyl (C=O) groups excluding carboxylic acids is 1. The maximum Gasteiger partial charge on any atom is 1.00 e. The SMILES string of the molecule is CCCCCCCCOC(=O)CCSCCSOO[O-].[Na+]. The van der Waals surface area contributed by atoms with Crippen molar-refractivity contribution in [1.82, 2.24) is 0 Å². The molecule has 0 aromatic carbocycles. The van der Waals surface area contributed by atoms with Crippen LogP contribution in [0.5, 0.6) is 0 Å². The third-order valence-electron chi connectivity index (χ3n) is 2.60. The first-order chi connectivity index (χ1) is 9.81. The van der Waals surface area contributed by atoms with Crippen LogP contribution in [-0.2, 0) is 18.9 Å². The van der Waals surface area contributed by atoms with Gasteiger partial charge in [0.1, 0.15) is 0 Å². The second-order valence-corrected chi connectivity index (χ2v) is 6.31. The number of thioether (sulfide) groups is 1. The van der Waals surface area contributed by atoms with Crippen molar-refractivity contribution in [2.24, 2.45) is 0 Å². The molecule has 0 N–H and O–H groups in total. The van der Waals surface area contributed by atoms with E-state index in [9.17, 15) is 10.1 Å².